The highest BCUT2D eigenvalue weighted by molar-refractivity contribution is 4.97. The molecule has 0 radical (unpaired) electrons. The van der Waals surface area contributed by atoms with Gasteiger partial charge in [-0.2, -0.15) is 0 Å². The SMILES string of the molecule is C[C@H]1CN(C(C)(C)CCC(C)(C)C2[C@@H](C)CN(C(C)(C)C)C[C@@H]2C)CCC1C(C)(C)C. The van der Waals surface area contributed by atoms with Gasteiger partial charge in [0.1, 0.15) is 0 Å². The molecule has 1 unspecified atom stereocenters. The Morgan fingerprint density at radius 3 is 1.55 bits per heavy atom. The fourth-order valence-electron chi connectivity index (χ4n) is 7.58. The van der Waals surface area contributed by atoms with Crippen molar-refractivity contribution in [1.29, 1.82) is 0 Å². The Morgan fingerprint density at radius 1 is 0.645 bits per heavy atom. The molecule has 184 valence electrons. The molecule has 2 nitrogen and oxygen atoms in total. The maximum Gasteiger partial charge on any atom is 0.0153 e. The summed E-state index contributed by atoms with van der Waals surface area (Å²) in [5.74, 6) is 3.99. The van der Waals surface area contributed by atoms with E-state index in [1.165, 1.54) is 45.4 Å². The molecule has 2 fully saturated rings. The molecule has 0 bridgehead atoms. The number of piperidine rings is 2. The lowest BCUT2D eigenvalue weighted by atomic mass is 9.61. The molecule has 0 N–H and O–H groups in total. The van der Waals surface area contributed by atoms with Gasteiger partial charge in [-0.25, -0.2) is 0 Å². The van der Waals surface area contributed by atoms with Crippen molar-refractivity contribution in [1.82, 2.24) is 9.80 Å². The third kappa shape index (κ3) is 6.50. The van der Waals surface area contributed by atoms with E-state index in [-0.39, 0.29) is 5.54 Å². The van der Waals surface area contributed by atoms with Crippen molar-refractivity contribution < 1.29 is 0 Å². The highest BCUT2D eigenvalue weighted by Gasteiger charge is 2.45. The average molecular weight is 435 g/mol. The maximum atomic E-state index is 2.82. The smallest absolute Gasteiger partial charge is 0.0153 e. The van der Waals surface area contributed by atoms with E-state index in [9.17, 15) is 0 Å². The summed E-state index contributed by atoms with van der Waals surface area (Å²) in [5, 5.41) is 0. The molecule has 0 saturated carbocycles. The highest BCUT2D eigenvalue weighted by Crippen LogP contribution is 2.47. The molecule has 2 rings (SSSR count). The van der Waals surface area contributed by atoms with Crippen LogP contribution in [0.4, 0.5) is 0 Å². The van der Waals surface area contributed by atoms with Gasteiger partial charge in [0, 0.05) is 30.7 Å². The highest BCUT2D eigenvalue weighted by atomic mass is 15.2. The third-order valence-corrected chi connectivity index (χ3v) is 9.35. The molecular weight excluding hydrogens is 376 g/mol. The largest absolute Gasteiger partial charge is 0.298 e. The van der Waals surface area contributed by atoms with Gasteiger partial charge in [0.2, 0.25) is 0 Å². The quantitative estimate of drug-likeness (QED) is 0.440. The van der Waals surface area contributed by atoms with Crippen molar-refractivity contribution in [2.75, 3.05) is 26.2 Å². The van der Waals surface area contributed by atoms with Gasteiger partial charge in [-0.15, -0.1) is 0 Å². The van der Waals surface area contributed by atoms with Gasteiger partial charge in [-0.3, -0.25) is 9.80 Å². The molecule has 2 aliphatic heterocycles. The lowest BCUT2D eigenvalue weighted by Gasteiger charge is -2.53. The normalized spacial score (nSPS) is 31.3. The fourth-order valence-corrected chi connectivity index (χ4v) is 7.58. The van der Waals surface area contributed by atoms with Crippen LogP contribution in [0, 0.1) is 40.4 Å². The Kier molecular flexibility index (Phi) is 8.14. The van der Waals surface area contributed by atoms with Crippen LogP contribution < -0.4 is 0 Å². The van der Waals surface area contributed by atoms with E-state index in [1.807, 2.05) is 0 Å². The van der Waals surface area contributed by atoms with Crippen molar-refractivity contribution in [3.8, 4) is 0 Å². The number of likely N-dealkylation sites (tertiary alicyclic amines) is 2. The number of nitrogens with zero attached hydrogens (tertiary/aromatic N) is 2. The standard InChI is InChI=1S/C29H58N2/c1-21-18-30(17-14-24(21)26(4,5)6)29(12,13)16-15-28(10,11)25-22(2)19-31(20-23(25)3)27(7,8)9/h21-25H,14-20H2,1-13H3/t21-,22-,23-,24?/m0/s1. The van der Waals surface area contributed by atoms with Crippen LogP contribution in [0.3, 0.4) is 0 Å². The Labute approximate surface area is 196 Å². The molecule has 2 saturated heterocycles. The molecule has 0 spiro atoms. The average Bonchev–Trinajstić information content (AvgIpc) is 2.57. The minimum absolute atomic E-state index is 0.287. The minimum atomic E-state index is 0.287. The first-order valence-electron chi connectivity index (χ1n) is 13.4. The van der Waals surface area contributed by atoms with Gasteiger partial charge >= 0.3 is 0 Å². The van der Waals surface area contributed by atoms with E-state index < -0.39 is 0 Å². The van der Waals surface area contributed by atoms with Crippen LogP contribution in [0.15, 0.2) is 0 Å². The summed E-state index contributed by atoms with van der Waals surface area (Å²) in [6.45, 7) is 37.2. The molecule has 2 heteroatoms. The monoisotopic (exact) mass is 434 g/mol. The van der Waals surface area contributed by atoms with Crippen LogP contribution in [-0.4, -0.2) is 47.1 Å². The van der Waals surface area contributed by atoms with Crippen LogP contribution in [0.25, 0.3) is 0 Å². The summed E-state index contributed by atoms with van der Waals surface area (Å²) in [4.78, 5) is 5.55. The molecule has 0 aliphatic carbocycles. The van der Waals surface area contributed by atoms with Gasteiger partial charge in [-0.1, -0.05) is 55.4 Å². The second-order valence-corrected chi connectivity index (χ2v) is 15.0. The van der Waals surface area contributed by atoms with Crippen molar-refractivity contribution in [2.45, 2.75) is 120 Å². The van der Waals surface area contributed by atoms with E-state index in [4.69, 9.17) is 0 Å². The summed E-state index contributed by atoms with van der Waals surface area (Å²) < 4.78 is 0. The van der Waals surface area contributed by atoms with Crippen molar-refractivity contribution in [3.05, 3.63) is 0 Å². The first kappa shape index (κ1) is 27.2. The lowest BCUT2D eigenvalue weighted by Crippen LogP contribution is -2.56. The summed E-state index contributed by atoms with van der Waals surface area (Å²) >= 11 is 0. The molecule has 4 atom stereocenters. The van der Waals surface area contributed by atoms with Crippen LogP contribution in [0.2, 0.25) is 0 Å². The number of hydrogen-bond donors (Lipinski definition) is 0. The summed E-state index contributed by atoms with van der Waals surface area (Å²) in [6, 6.07) is 0. The minimum Gasteiger partial charge on any atom is -0.298 e. The van der Waals surface area contributed by atoms with Crippen LogP contribution >= 0.6 is 0 Å². The van der Waals surface area contributed by atoms with Gasteiger partial charge in [0.05, 0.1) is 0 Å². The zero-order chi connectivity index (χ0) is 24.0. The van der Waals surface area contributed by atoms with Crippen LogP contribution in [0.5, 0.6) is 0 Å². The Morgan fingerprint density at radius 2 is 1.13 bits per heavy atom. The van der Waals surface area contributed by atoms with Crippen LogP contribution in [0.1, 0.15) is 109 Å². The first-order valence-corrected chi connectivity index (χ1v) is 13.4. The van der Waals surface area contributed by atoms with E-state index in [0.717, 1.165) is 29.6 Å². The molecular formula is C29H58N2. The molecule has 0 amide bonds. The molecule has 2 heterocycles. The number of hydrogen-bond acceptors (Lipinski definition) is 2. The van der Waals surface area contributed by atoms with Gasteiger partial charge < -0.3 is 0 Å². The van der Waals surface area contributed by atoms with Gasteiger partial charge in [-0.05, 0) is 101 Å². The van der Waals surface area contributed by atoms with Crippen molar-refractivity contribution >= 4 is 0 Å². The summed E-state index contributed by atoms with van der Waals surface area (Å²) in [5.41, 5.74) is 1.42. The van der Waals surface area contributed by atoms with Crippen LogP contribution in [-0.2, 0) is 0 Å². The van der Waals surface area contributed by atoms with E-state index in [2.05, 4.69) is 99.8 Å². The molecule has 0 aromatic heterocycles. The van der Waals surface area contributed by atoms with E-state index in [1.54, 1.807) is 0 Å². The molecule has 2 aliphatic rings. The Balaban J connectivity index is 2.01. The van der Waals surface area contributed by atoms with Crippen molar-refractivity contribution in [2.24, 2.45) is 40.4 Å². The zero-order valence-electron chi connectivity index (χ0n) is 23.7. The van der Waals surface area contributed by atoms with Crippen molar-refractivity contribution in [3.63, 3.8) is 0 Å². The number of rotatable bonds is 5. The van der Waals surface area contributed by atoms with E-state index >= 15 is 0 Å². The molecule has 0 aromatic rings. The Bertz CT molecular complexity index is 565. The summed E-state index contributed by atoms with van der Waals surface area (Å²) in [6.07, 6.45) is 4.01. The fraction of sp³-hybridized carbons (Fsp3) is 1.00. The van der Waals surface area contributed by atoms with E-state index in [0.29, 0.717) is 16.4 Å². The second kappa shape index (κ2) is 9.28. The second-order valence-electron chi connectivity index (χ2n) is 15.0. The topological polar surface area (TPSA) is 6.48 Å². The van der Waals surface area contributed by atoms with Gasteiger partial charge in [0.15, 0.2) is 0 Å². The molecule has 31 heavy (non-hydrogen) atoms. The zero-order valence-corrected chi connectivity index (χ0v) is 23.7. The maximum absolute atomic E-state index is 2.82. The molecule has 0 aromatic carbocycles. The van der Waals surface area contributed by atoms with Gasteiger partial charge in [0.25, 0.3) is 0 Å². The Hall–Kier alpha value is -0.0800. The first-order chi connectivity index (χ1) is 13.9. The predicted octanol–water partition coefficient (Wildman–Crippen LogP) is 7.58. The lowest BCUT2D eigenvalue weighted by molar-refractivity contribution is -0.0433. The predicted molar refractivity (Wildman–Crippen MR) is 139 cm³/mol. The third-order valence-electron chi connectivity index (χ3n) is 9.35. The summed E-state index contributed by atoms with van der Waals surface area (Å²) in [7, 11) is 0.